The maximum Gasteiger partial charge on any atom is 0.417 e. The first kappa shape index (κ1) is 20.3. The zero-order valence-corrected chi connectivity index (χ0v) is 17.9. The van der Waals surface area contributed by atoms with Crippen LogP contribution >= 0.6 is 0 Å². The Bertz CT molecular complexity index is 1490. The van der Waals surface area contributed by atoms with Crippen LogP contribution in [0.15, 0.2) is 76.3 Å². The molecule has 0 amide bonds. The Kier molecular flexibility index (Phi) is 5.19. The van der Waals surface area contributed by atoms with Crippen molar-refractivity contribution in [1.29, 1.82) is 0 Å². The van der Waals surface area contributed by atoms with Gasteiger partial charge in [-0.25, -0.2) is 9.78 Å². The number of anilines is 4. The number of nitrogens with zero attached hydrogens (tertiary/aromatic N) is 3. The lowest BCUT2D eigenvalue weighted by atomic mass is 10.1. The van der Waals surface area contributed by atoms with Crippen LogP contribution in [-0.2, 0) is 0 Å². The SMILES string of the molecule is COc1cc(Nc2ncc(C)c(Nc3ccc4oc(=O)[nH]c4c3)n2)ccc1-c1ccncc1. The van der Waals surface area contributed by atoms with Crippen LogP contribution in [0.3, 0.4) is 0 Å². The molecule has 0 spiro atoms. The Labute approximate surface area is 188 Å². The molecule has 0 unspecified atom stereocenters. The van der Waals surface area contributed by atoms with Gasteiger partial charge < -0.3 is 19.8 Å². The highest BCUT2D eigenvalue weighted by atomic mass is 16.5. The number of benzene rings is 2. The van der Waals surface area contributed by atoms with E-state index in [-0.39, 0.29) is 0 Å². The van der Waals surface area contributed by atoms with Gasteiger partial charge in [0.25, 0.3) is 0 Å². The van der Waals surface area contributed by atoms with E-state index in [0.717, 1.165) is 33.8 Å². The Hall–Kier alpha value is -4.66. The zero-order valence-electron chi connectivity index (χ0n) is 17.9. The van der Waals surface area contributed by atoms with E-state index in [1.54, 1.807) is 37.8 Å². The Morgan fingerprint density at radius 1 is 1.00 bits per heavy atom. The van der Waals surface area contributed by atoms with Crippen molar-refractivity contribution in [3.8, 4) is 16.9 Å². The minimum absolute atomic E-state index is 0.430. The van der Waals surface area contributed by atoms with Crippen LogP contribution in [-0.4, -0.2) is 27.0 Å². The second-order valence-corrected chi connectivity index (χ2v) is 7.35. The Morgan fingerprint density at radius 2 is 1.79 bits per heavy atom. The van der Waals surface area contributed by atoms with Gasteiger partial charge in [-0.05, 0) is 55.0 Å². The average Bonchev–Trinajstić information content (AvgIpc) is 3.21. The minimum atomic E-state index is -0.489. The molecule has 5 rings (SSSR count). The molecule has 9 heteroatoms. The molecule has 0 saturated carbocycles. The van der Waals surface area contributed by atoms with Gasteiger partial charge in [-0.3, -0.25) is 9.97 Å². The number of fused-ring (bicyclic) bond motifs is 1. The summed E-state index contributed by atoms with van der Waals surface area (Å²) in [7, 11) is 1.64. The molecule has 9 nitrogen and oxygen atoms in total. The predicted molar refractivity (Wildman–Crippen MR) is 126 cm³/mol. The fraction of sp³-hybridized carbons (Fsp3) is 0.0833. The van der Waals surface area contributed by atoms with Crippen molar-refractivity contribution < 1.29 is 9.15 Å². The molecule has 3 N–H and O–H groups in total. The summed E-state index contributed by atoms with van der Waals surface area (Å²) in [4.78, 5) is 27.1. The summed E-state index contributed by atoms with van der Waals surface area (Å²) in [5, 5.41) is 6.49. The molecule has 3 heterocycles. The summed E-state index contributed by atoms with van der Waals surface area (Å²) in [6.45, 7) is 1.91. The van der Waals surface area contributed by atoms with Crippen LogP contribution in [0.25, 0.3) is 22.2 Å². The highest BCUT2D eigenvalue weighted by Gasteiger charge is 2.10. The van der Waals surface area contributed by atoms with Crippen LogP contribution in [0, 0.1) is 6.92 Å². The van der Waals surface area contributed by atoms with Gasteiger partial charge in [0.1, 0.15) is 11.6 Å². The number of oxazole rings is 1. The van der Waals surface area contributed by atoms with E-state index < -0.39 is 5.76 Å². The van der Waals surface area contributed by atoms with Crippen molar-refractivity contribution in [1.82, 2.24) is 19.9 Å². The van der Waals surface area contributed by atoms with Gasteiger partial charge in [0.2, 0.25) is 5.95 Å². The number of aryl methyl sites for hydroxylation is 1. The number of hydrogen-bond donors (Lipinski definition) is 3. The number of aromatic nitrogens is 4. The predicted octanol–water partition coefficient (Wildman–Crippen LogP) is 4.78. The third-order valence-electron chi connectivity index (χ3n) is 5.10. The topological polar surface area (TPSA) is 118 Å². The molecular formula is C24H20N6O3. The summed E-state index contributed by atoms with van der Waals surface area (Å²) in [5.41, 5.74) is 5.50. The quantitative estimate of drug-likeness (QED) is 0.345. The lowest BCUT2D eigenvalue weighted by Gasteiger charge is -2.13. The number of ether oxygens (including phenoxy) is 1. The maximum atomic E-state index is 11.4. The number of methoxy groups -OCH3 is 1. The largest absolute Gasteiger partial charge is 0.496 e. The van der Waals surface area contributed by atoms with E-state index in [1.807, 2.05) is 43.3 Å². The van der Waals surface area contributed by atoms with Gasteiger partial charge in [-0.15, -0.1) is 0 Å². The van der Waals surface area contributed by atoms with Gasteiger partial charge in [-0.1, -0.05) is 0 Å². The van der Waals surface area contributed by atoms with Crippen molar-refractivity contribution in [2.24, 2.45) is 0 Å². The summed E-state index contributed by atoms with van der Waals surface area (Å²) < 4.78 is 10.6. The van der Waals surface area contributed by atoms with E-state index in [1.165, 1.54) is 0 Å². The lowest BCUT2D eigenvalue weighted by Crippen LogP contribution is -2.03. The lowest BCUT2D eigenvalue weighted by molar-refractivity contribution is 0.416. The van der Waals surface area contributed by atoms with E-state index in [4.69, 9.17) is 9.15 Å². The van der Waals surface area contributed by atoms with Crippen molar-refractivity contribution in [3.63, 3.8) is 0 Å². The van der Waals surface area contributed by atoms with Crippen LogP contribution in [0.2, 0.25) is 0 Å². The van der Waals surface area contributed by atoms with Crippen LogP contribution in [0.5, 0.6) is 5.75 Å². The molecule has 3 aromatic heterocycles. The molecule has 0 aliphatic heterocycles. The van der Waals surface area contributed by atoms with Crippen molar-refractivity contribution >= 4 is 34.2 Å². The third-order valence-corrected chi connectivity index (χ3v) is 5.10. The molecule has 0 radical (unpaired) electrons. The molecule has 164 valence electrons. The molecule has 0 saturated heterocycles. The number of pyridine rings is 1. The highest BCUT2D eigenvalue weighted by molar-refractivity contribution is 5.79. The smallest absolute Gasteiger partial charge is 0.417 e. The van der Waals surface area contributed by atoms with Crippen molar-refractivity contribution in [2.75, 3.05) is 17.7 Å². The van der Waals surface area contributed by atoms with Crippen LogP contribution in [0.4, 0.5) is 23.1 Å². The second-order valence-electron chi connectivity index (χ2n) is 7.35. The van der Waals surface area contributed by atoms with E-state index in [2.05, 4.69) is 30.6 Å². The Morgan fingerprint density at radius 3 is 2.61 bits per heavy atom. The number of rotatable bonds is 6. The van der Waals surface area contributed by atoms with E-state index >= 15 is 0 Å². The number of nitrogens with one attached hydrogen (secondary N) is 3. The third kappa shape index (κ3) is 4.24. The normalized spacial score (nSPS) is 10.8. The van der Waals surface area contributed by atoms with Gasteiger partial charge in [0.05, 0.1) is 12.6 Å². The molecule has 33 heavy (non-hydrogen) atoms. The first-order valence-corrected chi connectivity index (χ1v) is 10.2. The van der Waals surface area contributed by atoms with E-state index in [9.17, 15) is 4.79 Å². The summed E-state index contributed by atoms with van der Waals surface area (Å²) in [5.74, 6) is 1.30. The second kappa shape index (κ2) is 8.46. The van der Waals surface area contributed by atoms with Gasteiger partial charge in [0, 0.05) is 47.2 Å². The molecule has 0 atom stereocenters. The van der Waals surface area contributed by atoms with Gasteiger partial charge in [-0.2, -0.15) is 4.98 Å². The molecule has 0 fully saturated rings. The standard InChI is InChI=1S/C24H20N6O3/c1-14-13-26-23(30-22(14)27-16-4-6-20-19(11-16)29-24(31)33-20)28-17-3-5-18(21(12-17)32-2)15-7-9-25-10-8-15/h3-13H,1-2H3,(H,29,31)(H2,26,27,28,30). The molecule has 5 aromatic rings. The van der Waals surface area contributed by atoms with Crippen molar-refractivity contribution in [2.45, 2.75) is 6.92 Å². The van der Waals surface area contributed by atoms with Crippen LogP contribution < -0.4 is 21.1 Å². The molecule has 0 bridgehead atoms. The molecular weight excluding hydrogens is 420 g/mol. The number of aromatic amines is 1. The molecule has 0 aliphatic rings. The first-order chi connectivity index (χ1) is 16.1. The minimum Gasteiger partial charge on any atom is -0.496 e. The van der Waals surface area contributed by atoms with Gasteiger partial charge >= 0.3 is 5.76 Å². The summed E-state index contributed by atoms with van der Waals surface area (Å²) >= 11 is 0. The van der Waals surface area contributed by atoms with Crippen LogP contribution in [0.1, 0.15) is 5.56 Å². The first-order valence-electron chi connectivity index (χ1n) is 10.2. The monoisotopic (exact) mass is 440 g/mol. The van der Waals surface area contributed by atoms with E-state index in [0.29, 0.717) is 22.9 Å². The molecule has 2 aromatic carbocycles. The number of H-pyrrole nitrogens is 1. The zero-order chi connectivity index (χ0) is 22.8. The fourth-order valence-electron chi connectivity index (χ4n) is 3.46. The highest BCUT2D eigenvalue weighted by Crippen LogP contribution is 2.33. The molecule has 0 aliphatic carbocycles. The fourth-order valence-corrected chi connectivity index (χ4v) is 3.46. The average molecular weight is 440 g/mol. The number of hydrogen-bond acceptors (Lipinski definition) is 8. The maximum absolute atomic E-state index is 11.4. The summed E-state index contributed by atoms with van der Waals surface area (Å²) in [6.07, 6.45) is 5.23. The van der Waals surface area contributed by atoms with Gasteiger partial charge in [0.15, 0.2) is 5.58 Å². The summed E-state index contributed by atoms with van der Waals surface area (Å²) in [6, 6.07) is 15.0. The Balaban J connectivity index is 1.40. The van der Waals surface area contributed by atoms with Crippen molar-refractivity contribution in [3.05, 3.63) is 83.2 Å².